The molecule has 0 amide bonds. The zero-order valence-electron chi connectivity index (χ0n) is 2.12. The van der Waals surface area contributed by atoms with Crippen LogP contribution in [0.3, 0.4) is 0 Å². The Morgan fingerprint density at radius 3 is 1.00 bits per heavy atom. The van der Waals surface area contributed by atoms with Crippen molar-refractivity contribution in [1.82, 2.24) is 0 Å². The number of rotatable bonds is 0. The molecule has 0 fully saturated rings. The van der Waals surface area contributed by atoms with Gasteiger partial charge in [-0.05, 0) is 0 Å². The minimum Gasteiger partial charge on any atom is -0.870 e. The molecule has 0 aromatic carbocycles. The molecule has 28 valence electrons. The van der Waals surface area contributed by atoms with E-state index in [1.807, 2.05) is 0 Å². The zero-order chi connectivity index (χ0) is 0. The number of hydrogen-bond donors (Lipinski definition) is 0. The van der Waals surface area contributed by atoms with Crippen LogP contribution in [0.1, 0.15) is 0 Å². The SMILES string of the molecule is [Fe].[MgH+].[Ni].[OH-]. The van der Waals surface area contributed by atoms with Gasteiger partial charge in [-0.3, -0.25) is 0 Å². The first-order valence-electron chi connectivity index (χ1n) is 0. The maximum Gasteiger partial charge on any atom is 0 e. The smallest absolute Gasteiger partial charge is 0 e. The fourth-order valence-corrected chi connectivity index (χ4v) is 0. The Hall–Kier alpha value is 1.74. The van der Waals surface area contributed by atoms with Crippen molar-refractivity contribution < 1.29 is 39.0 Å². The van der Waals surface area contributed by atoms with E-state index in [9.17, 15) is 0 Å². The maximum atomic E-state index is 0. The van der Waals surface area contributed by atoms with Crippen molar-refractivity contribution >= 4 is 23.1 Å². The molecule has 0 saturated heterocycles. The van der Waals surface area contributed by atoms with Gasteiger partial charge in [0.25, 0.3) is 0 Å². The van der Waals surface area contributed by atoms with E-state index in [1.165, 1.54) is 0 Å². The molecule has 0 radical (unpaired) electrons. The Bertz CT molecular complexity index is 8.00. The van der Waals surface area contributed by atoms with Crippen LogP contribution in [-0.4, -0.2) is 28.5 Å². The normalized spacial score (nSPS) is 0. The average molecular weight is 157 g/mol. The Kier molecular flexibility index (Phi) is 233. The van der Waals surface area contributed by atoms with Crippen LogP contribution in [0, 0.1) is 0 Å². The van der Waals surface area contributed by atoms with Gasteiger partial charge in [-0.15, -0.1) is 0 Å². The van der Waals surface area contributed by atoms with Gasteiger partial charge in [0.1, 0.15) is 0 Å². The minimum atomic E-state index is 0. The van der Waals surface area contributed by atoms with Crippen LogP contribution < -0.4 is 0 Å². The van der Waals surface area contributed by atoms with E-state index in [4.69, 9.17) is 0 Å². The van der Waals surface area contributed by atoms with E-state index in [0.717, 1.165) is 0 Å². The quantitative estimate of drug-likeness (QED) is 0.422. The largest absolute Gasteiger partial charge is 0.870 e. The van der Waals surface area contributed by atoms with Gasteiger partial charge in [0, 0.05) is 33.6 Å². The fourth-order valence-electron chi connectivity index (χ4n) is 0. The van der Waals surface area contributed by atoms with Crippen LogP contribution in [0.4, 0.5) is 0 Å². The summed E-state index contributed by atoms with van der Waals surface area (Å²) in [5.41, 5.74) is 0. The third-order valence-corrected chi connectivity index (χ3v) is 0. The van der Waals surface area contributed by atoms with Crippen LogP contribution >= 0.6 is 0 Å². The summed E-state index contributed by atoms with van der Waals surface area (Å²) in [4.78, 5) is 0. The van der Waals surface area contributed by atoms with Gasteiger partial charge in [0.05, 0.1) is 0 Å². The van der Waals surface area contributed by atoms with Crippen LogP contribution in [-0.2, 0) is 33.6 Å². The molecule has 4 heteroatoms. The maximum absolute atomic E-state index is 0. The van der Waals surface area contributed by atoms with Gasteiger partial charge in [0.2, 0.25) is 0 Å². The fraction of sp³-hybridized carbons (Fsp3) is 0. The predicted octanol–water partition coefficient (Wildman–Crippen LogP) is -0.830. The second-order valence-electron chi connectivity index (χ2n) is 0. The molecule has 0 aromatic heterocycles. The van der Waals surface area contributed by atoms with E-state index in [1.54, 1.807) is 0 Å². The molecule has 0 atom stereocenters. The first kappa shape index (κ1) is 42.6. The Balaban J connectivity index is 0. The predicted molar refractivity (Wildman–Crippen MR) is 9.08 cm³/mol. The van der Waals surface area contributed by atoms with E-state index >= 15 is 0 Å². The molecular weight excluding hydrogens is 155 g/mol. The molecule has 0 aliphatic rings. The van der Waals surface area contributed by atoms with E-state index in [2.05, 4.69) is 0 Å². The second-order valence-corrected chi connectivity index (χ2v) is 0. The molecule has 0 unspecified atom stereocenters. The van der Waals surface area contributed by atoms with Crippen molar-refractivity contribution in [2.45, 2.75) is 0 Å². The summed E-state index contributed by atoms with van der Waals surface area (Å²) in [6.45, 7) is 0. The molecule has 4 heavy (non-hydrogen) atoms. The molecule has 0 rings (SSSR count). The molecule has 0 bridgehead atoms. The zero-order valence-corrected chi connectivity index (χ0v) is 6.21. The molecule has 0 saturated carbocycles. The first-order valence-corrected chi connectivity index (χ1v) is 0. The van der Waals surface area contributed by atoms with Crippen molar-refractivity contribution in [3.05, 3.63) is 0 Å². The molecule has 0 heterocycles. The summed E-state index contributed by atoms with van der Waals surface area (Å²) < 4.78 is 0. The van der Waals surface area contributed by atoms with Crippen LogP contribution in [0.5, 0.6) is 0 Å². The molecule has 1 N–H and O–H groups in total. The molecule has 0 aromatic rings. The average Bonchev–Trinajstić information content (AvgIpc) is 0. The summed E-state index contributed by atoms with van der Waals surface area (Å²) in [6, 6.07) is 0. The van der Waals surface area contributed by atoms with Gasteiger partial charge in [0.15, 0.2) is 0 Å². The van der Waals surface area contributed by atoms with Gasteiger partial charge in [-0.1, -0.05) is 0 Å². The van der Waals surface area contributed by atoms with Crippen LogP contribution in [0.25, 0.3) is 0 Å². The summed E-state index contributed by atoms with van der Waals surface area (Å²) in [7, 11) is 0. The van der Waals surface area contributed by atoms with Crippen molar-refractivity contribution in [3.63, 3.8) is 0 Å². The monoisotopic (exact) mass is 156 g/mol. The molecule has 1 nitrogen and oxygen atoms in total. The standard InChI is InChI=1S/Fe.Mg.Ni.H2O.H/h;;;1H2;/q;+1;;;/p-1. The van der Waals surface area contributed by atoms with Crippen LogP contribution in [0.2, 0.25) is 0 Å². The van der Waals surface area contributed by atoms with E-state index in [0.29, 0.717) is 0 Å². The Morgan fingerprint density at radius 1 is 1.00 bits per heavy atom. The van der Waals surface area contributed by atoms with Gasteiger partial charge >= 0.3 is 23.1 Å². The minimum absolute atomic E-state index is 0. The number of hydrogen-bond acceptors (Lipinski definition) is 1. The van der Waals surface area contributed by atoms with Gasteiger partial charge in [-0.2, -0.15) is 0 Å². The van der Waals surface area contributed by atoms with Gasteiger partial charge in [-0.25, -0.2) is 0 Å². The Labute approximate surface area is 61.8 Å². The topological polar surface area (TPSA) is 30.0 Å². The van der Waals surface area contributed by atoms with Gasteiger partial charge < -0.3 is 5.48 Å². The Morgan fingerprint density at radius 2 is 1.00 bits per heavy atom. The molecule has 0 aliphatic carbocycles. The molecule has 0 aliphatic heterocycles. The summed E-state index contributed by atoms with van der Waals surface area (Å²) in [5.74, 6) is 0. The van der Waals surface area contributed by atoms with Crippen molar-refractivity contribution in [1.29, 1.82) is 0 Å². The third kappa shape index (κ3) is 9.28. The van der Waals surface area contributed by atoms with Crippen molar-refractivity contribution in [2.75, 3.05) is 0 Å². The van der Waals surface area contributed by atoms with E-state index in [-0.39, 0.29) is 62.1 Å². The summed E-state index contributed by atoms with van der Waals surface area (Å²) >= 11 is 0. The first-order chi connectivity index (χ1) is 0. The van der Waals surface area contributed by atoms with Crippen molar-refractivity contribution in [2.24, 2.45) is 0 Å². The van der Waals surface area contributed by atoms with Crippen LogP contribution in [0.15, 0.2) is 0 Å². The second kappa shape index (κ2) is 21.9. The summed E-state index contributed by atoms with van der Waals surface area (Å²) in [6.07, 6.45) is 0. The third-order valence-electron chi connectivity index (χ3n) is 0. The summed E-state index contributed by atoms with van der Waals surface area (Å²) in [5, 5.41) is 0. The van der Waals surface area contributed by atoms with Crippen molar-refractivity contribution in [3.8, 4) is 0 Å². The molecular formula is H2FeMgNiO. The molecule has 0 spiro atoms. The van der Waals surface area contributed by atoms with E-state index < -0.39 is 0 Å².